The van der Waals surface area contributed by atoms with Crippen LogP contribution in [-0.4, -0.2) is 99.1 Å². The number of nitrogens with zero attached hydrogens (tertiary/aromatic N) is 2. The number of hydrogen-bond acceptors (Lipinski definition) is 7. The second-order valence-corrected chi connectivity index (χ2v) is 13.1. The van der Waals surface area contributed by atoms with Gasteiger partial charge in [0.2, 0.25) is 17.7 Å². The van der Waals surface area contributed by atoms with Crippen LogP contribution < -0.4 is 5.32 Å². The molecule has 8 atom stereocenters. The molecule has 3 saturated heterocycles. The first-order valence-corrected chi connectivity index (χ1v) is 15.8. The van der Waals surface area contributed by atoms with Crippen molar-refractivity contribution in [1.82, 2.24) is 15.1 Å². The van der Waals surface area contributed by atoms with Gasteiger partial charge in [-0.15, -0.1) is 13.2 Å². The van der Waals surface area contributed by atoms with Gasteiger partial charge in [0, 0.05) is 23.8 Å². The average molecular weight is 639 g/mol. The van der Waals surface area contributed by atoms with E-state index >= 15 is 0 Å². The number of likely N-dealkylation sites (tertiary alicyclic amines) is 1. The second-order valence-electron chi connectivity index (χ2n) is 11.9. The SMILES string of the molecule is C=CCCC(=O)NC[C@H](C)OC(=O)[C@H]1[C@@H]2O[C@@]3(CC2Br)[C@@H]1C(=O)N([C@H](C)CO)[C@@H]3C(=O)N(CC=C)C1CCCCC1. The topological polar surface area (TPSA) is 125 Å². The number of ether oxygens (including phenoxy) is 2. The van der Waals surface area contributed by atoms with Gasteiger partial charge in [-0.1, -0.05) is 47.3 Å². The Morgan fingerprint density at radius 2 is 1.95 bits per heavy atom. The Hall–Kier alpha value is -2.24. The fourth-order valence-electron chi connectivity index (χ4n) is 7.18. The minimum atomic E-state index is -1.23. The molecule has 1 saturated carbocycles. The number of carbonyl (C=O) groups is 4. The second kappa shape index (κ2) is 13.4. The minimum absolute atomic E-state index is 0.0350. The van der Waals surface area contributed by atoms with Gasteiger partial charge in [0.1, 0.15) is 17.7 Å². The Balaban J connectivity index is 1.60. The van der Waals surface area contributed by atoms with Crippen molar-refractivity contribution in [3.05, 3.63) is 25.3 Å². The summed E-state index contributed by atoms with van der Waals surface area (Å²) in [5, 5.41) is 12.9. The molecule has 2 bridgehead atoms. The van der Waals surface area contributed by atoms with Crippen LogP contribution in [0.1, 0.15) is 65.2 Å². The molecular formula is C30H44BrN3O7. The van der Waals surface area contributed by atoms with Crippen LogP contribution in [0.4, 0.5) is 0 Å². The van der Waals surface area contributed by atoms with Gasteiger partial charge >= 0.3 is 5.97 Å². The van der Waals surface area contributed by atoms with Crippen LogP contribution >= 0.6 is 15.9 Å². The smallest absolute Gasteiger partial charge is 0.312 e. The van der Waals surface area contributed by atoms with Gasteiger partial charge in [0.05, 0.1) is 37.1 Å². The van der Waals surface area contributed by atoms with E-state index < -0.39 is 47.7 Å². The van der Waals surface area contributed by atoms with Gasteiger partial charge in [-0.05, 0) is 39.5 Å². The number of rotatable bonds is 13. The molecule has 4 fully saturated rings. The van der Waals surface area contributed by atoms with E-state index in [4.69, 9.17) is 9.47 Å². The van der Waals surface area contributed by atoms with Crippen molar-refractivity contribution in [1.29, 1.82) is 0 Å². The first-order valence-electron chi connectivity index (χ1n) is 14.9. The summed E-state index contributed by atoms with van der Waals surface area (Å²) in [6.45, 7) is 11.0. The highest BCUT2D eigenvalue weighted by Crippen LogP contribution is 2.60. The number of aliphatic hydroxyl groups is 1. The van der Waals surface area contributed by atoms with Gasteiger partial charge < -0.3 is 29.7 Å². The monoisotopic (exact) mass is 637 g/mol. The third kappa shape index (κ3) is 5.99. The van der Waals surface area contributed by atoms with Gasteiger partial charge in [-0.3, -0.25) is 19.2 Å². The normalized spacial score (nSPS) is 32.2. The number of esters is 1. The highest BCUT2D eigenvalue weighted by molar-refractivity contribution is 9.09. The van der Waals surface area contributed by atoms with Gasteiger partial charge in [0.25, 0.3) is 0 Å². The van der Waals surface area contributed by atoms with E-state index in [1.54, 1.807) is 26.0 Å². The Morgan fingerprint density at radius 1 is 1.24 bits per heavy atom. The summed E-state index contributed by atoms with van der Waals surface area (Å²) >= 11 is 3.67. The minimum Gasteiger partial charge on any atom is -0.460 e. The van der Waals surface area contributed by atoms with Crippen molar-refractivity contribution < 1.29 is 33.8 Å². The third-order valence-electron chi connectivity index (χ3n) is 9.08. The number of carbonyl (C=O) groups excluding carboxylic acids is 4. The lowest BCUT2D eigenvalue weighted by Crippen LogP contribution is -2.60. The van der Waals surface area contributed by atoms with E-state index in [9.17, 15) is 24.3 Å². The molecule has 4 rings (SSSR count). The Kier molecular flexibility index (Phi) is 10.3. The van der Waals surface area contributed by atoms with E-state index in [-0.39, 0.29) is 41.7 Å². The third-order valence-corrected chi connectivity index (χ3v) is 9.92. The van der Waals surface area contributed by atoms with E-state index in [1.807, 2.05) is 4.90 Å². The summed E-state index contributed by atoms with van der Waals surface area (Å²) in [4.78, 5) is 57.2. The zero-order valence-electron chi connectivity index (χ0n) is 24.1. The molecule has 1 aliphatic carbocycles. The number of alkyl halides is 1. The van der Waals surface area contributed by atoms with Crippen LogP contribution in [0.3, 0.4) is 0 Å². The van der Waals surface area contributed by atoms with Crippen molar-refractivity contribution >= 4 is 39.6 Å². The Bertz CT molecular complexity index is 1030. The molecule has 11 heteroatoms. The van der Waals surface area contributed by atoms with Crippen molar-refractivity contribution in [2.75, 3.05) is 19.7 Å². The maximum absolute atomic E-state index is 14.5. The molecule has 228 valence electrons. The fourth-order valence-corrected chi connectivity index (χ4v) is 8.13. The van der Waals surface area contributed by atoms with Gasteiger partial charge in [-0.2, -0.15) is 0 Å². The lowest BCUT2D eigenvalue weighted by molar-refractivity contribution is -0.160. The molecule has 1 spiro atoms. The number of fused-ring (bicyclic) bond motifs is 1. The van der Waals surface area contributed by atoms with Crippen molar-refractivity contribution in [3.63, 3.8) is 0 Å². The van der Waals surface area contributed by atoms with Crippen LogP contribution in [0.2, 0.25) is 0 Å². The molecule has 1 unspecified atom stereocenters. The number of halogens is 1. The van der Waals surface area contributed by atoms with E-state index in [1.165, 1.54) is 4.90 Å². The standard InChI is InChI=1S/C30H44BrN3O7/c1-5-7-13-22(36)32-16-19(4)40-29(39)23-24-27(37)34(18(3)17-35)26(30(24)15-21(31)25(23)41-30)28(38)33(14-6-2)20-11-9-8-10-12-20/h5-6,18-21,23-26,35H,1-2,7-17H2,3-4H3,(H,32,36)/t18-,19+,21?,23-,24+,25-,26-,30+/m1/s1. The summed E-state index contributed by atoms with van der Waals surface area (Å²) in [7, 11) is 0. The number of amides is 3. The first-order chi connectivity index (χ1) is 19.6. The van der Waals surface area contributed by atoms with Crippen molar-refractivity contribution in [2.45, 2.75) is 106 Å². The van der Waals surface area contributed by atoms with Crippen LogP contribution in [0.15, 0.2) is 25.3 Å². The van der Waals surface area contributed by atoms with Crippen LogP contribution in [0.5, 0.6) is 0 Å². The van der Waals surface area contributed by atoms with Crippen LogP contribution in [0, 0.1) is 11.8 Å². The van der Waals surface area contributed by atoms with Gasteiger partial charge in [0.15, 0.2) is 0 Å². The lowest BCUT2D eigenvalue weighted by atomic mass is 9.70. The van der Waals surface area contributed by atoms with Crippen LogP contribution in [0.25, 0.3) is 0 Å². The lowest BCUT2D eigenvalue weighted by Gasteiger charge is -2.42. The van der Waals surface area contributed by atoms with Crippen molar-refractivity contribution in [3.8, 4) is 0 Å². The zero-order valence-corrected chi connectivity index (χ0v) is 25.7. The predicted octanol–water partition coefficient (Wildman–Crippen LogP) is 2.48. The molecule has 3 heterocycles. The molecule has 3 aliphatic heterocycles. The Morgan fingerprint density at radius 3 is 2.59 bits per heavy atom. The number of aliphatic hydroxyl groups excluding tert-OH is 1. The number of hydrogen-bond donors (Lipinski definition) is 2. The molecule has 0 radical (unpaired) electrons. The molecule has 0 aromatic rings. The summed E-state index contributed by atoms with van der Waals surface area (Å²) in [5.74, 6) is -3.19. The molecule has 41 heavy (non-hydrogen) atoms. The highest BCUT2D eigenvalue weighted by atomic mass is 79.9. The highest BCUT2D eigenvalue weighted by Gasteiger charge is 2.77. The van der Waals surface area contributed by atoms with E-state index in [0.717, 1.165) is 32.1 Å². The van der Waals surface area contributed by atoms with E-state index in [2.05, 4.69) is 34.4 Å². The molecule has 3 amide bonds. The average Bonchev–Trinajstić information content (AvgIpc) is 3.56. The van der Waals surface area contributed by atoms with E-state index in [0.29, 0.717) is 25.8 Å². The summed E-state index contributed by atoms with van der Waals surface area (Å²) in [6.07, 6.45) is 8.27. The molecule has 0 aromatic heterocycles. The molecule has 0 aromatic carbocycles. The molecule has 4 aliphatic rings. The van der Waals surface area contributed by atoms with Gasteiger partial charge in [-0.25, -0.2) is 0 Å². The summed E-state index contributed by atoms with van der Waals surface area (Å²) < 4.78 is 12.3. The maximum atomic E-state index is 14.5. The summed E-state index contributed by atoms with van der Waals surface area (Å²) in [5.41, 5.74) is -1.23. The maximum Gasteiger partial charge on any atom is 0.312 e. The Labute approximate surface area is 251 Å². The summed E-state index contributed by atoms with van der Waals surface area (Å²) in [6, 6.07) is -1.59. The predicted molar refractivity (Wildman–Crippen MR) is 156 cm³/mol. The fraction of sp³-hybridized carbons (Fsp3) is 0.733. The first kappa shape index (κ1) is 31.7. The molecule has 10 nitrogen and oxygen atoms in total. The molecule has 2 N–H and O–H groups in total. The number of nitrogens with one attached hydrogen (secondary N) is 1. The van der Waals surface area contributed by atoms with Crippen LogP contribution in [-0.2, 0) is 28.7 Å². The van der Waals surface area contributed by atoms with Crippen molar-refractivity contribution in [2.24, 2.45) is 11.8 Å². The number of allylic oxidation sites excluding steroid dienone is 1. The zero-order chi connectivity index (χ0) is 29.9. The largest absolute Gasteiger partial charge is 0.460 e. The quantitative estimate of drug-likeness (QED) is 0.181. The molecular weight excluding hydrogens is 594 g/mol.